The molecule has 0 aliphatic heterocycles. The van der Waals surface area contributed by atoms with Crippen molar-refractivity contribution in [3.05, 3.63) is 35.6 Å². The van der Waals surface area contributed by atoms with Crippen molar-refractivity contribution in [2.45, 2.75) is 45.8 Å². The van der Waals surface area contributed by atoms with Crippen molar-refractivity contribution in [1.29, 1.82) is 0 Å². The van der Waals surface area contributed by atoms with Crippen LogP contribution in [0.3, 0.4) is 0 Å². The summed E-state index contributed by atoms with van der Waals surface area (Å²) in [6.07, 6.45) is 0.402. The molecular weight excluding hydrogens is 271 g/mol. The van der Waals surface area contributed by atoms with Crippen LogP contribution in [0.5, 0.6) is 0 Å². The molecule has 0 unspecified atom stereocenters. The molecule has 1 rings (SSSR count). The summed E-state index contributed by atoms with van der Waals surface area (Å²) in [7, 11) is 0. The number of ether oxygens (including phenoxy) is 1. The van der Waals surface area contributed by atoms with E-state index in [2.05, 4.69) is 10.6 Å². The van der Waals surface area contributed by atoms with Crippen molar-refractivity contribution >= 4 is 6.09 Å². The van der Waals surface area contributed by atoms with Crippen LogP contribution in [-0.2, 0) is 4.74 Å². The lowest BCUT2D eigenvalue weighted by Crippen LogP contribution is -2.34. The summed E-state index contributed by atoms with van der Waals surface area (Å²) in [5, 5.41) is 6.04. The number of carbonyl (C=O) groups is 1. The monoisotopic (exact) mass is 296 g/mol. The summed E-state index contributed by atoms with van der Waals surface area (Å²) in [6.45, 7) is 8.83. The molecule has 0 bridgehead atoms. The molecular formula is C16H25FN2O2. The van der Waals surface area contributed by atoms with Crippen LogP contribution in [-0.4, -0.2) is 24.8 Å². The third-order valence-corrected chi connectivity index (χ3v) is 2.84. The van der Waals surface area contributed by atoms with E-state index in [1.165, 1.54) is 12.1 Å². The molecule has 0 radical (unpaired) electrons. The Morgan fingerprint density at radius 3 is 2.43 bits per heavy atom. The van der Waals surface area contributed by atoms with Gasteiger partial charge in [0.2, 0.25) is 0 Å². The number of alkyl carbamates (subject to hydrolysis) is 1. The molecule has 0 aliphatic rings. The summed E-state index contributed by atoms with van der Waals surface area (Å²) >= 11 is 0. The molecule has 1 aromatic carbocycles. The van der Waals surface area contributed by atoms with E-state index < -0.39 is 11.7 Å². The number of hydrogen-bond donors (Lipinski definition) is 2. The van der Waals surface area contributed by atoms with Gasteiger partial charge in [-0.25, -0.2) is 9.18 Å². The normalized spacial score (nSPS) is 12.8. The minimum atomic E-state index is -0.473. The summed E-state index contributed by atoms with van der Waals surface area (Å²) < 4.78 is 18.0. The molecule has 2 N–H and O–H groups in total. The molecule has 5 heteroatoms. The van der Waals surface area contributed by atoms with E-state index in [0.29, 0.717) is 6.54 Å². The molecule has 1 aromatic rings. The molecule has 0 aromatic heterocycles. The van der Waals surface area contributed by atoms with Gasteiger partial charge in [0.05, 0.1) is 0 Å². The Bertz CT molecular complexity index is 441. The number of benzene rings is 1. The minimum Gasteiger partial charge on any atom is -0.444 e. The molecule has 0 fully saturated rings. The van der Waals surface area contributed by atoms with Gasteiger partial charge in [0.1, 0.15) is 11.4 Å². The van der Waals surface area contributed by atoms with Crippen molar-refractivity contribution in [2.75, 3.05) is 13.1 Å². The topological polar surface area (TPSA) is 50.4 Å². The molecule has 4 nitrogen and oxygen atoms in total. The number of rotatable bonds is 6. The molecule has 1 amide bonds. The summed E-state index contributed by atoms with van der Waals surface area (Å²) in [5.74, 6) is -0.229. The van der Waals surface area contributed by atoms with Gasteiger partial charge in [-0.15, -0.1) is 0 Å². The van der Waals surface area contributed by atoms with Gasteiger partial charge in [-0.1, -0.05) is 12.1 Å². The molecule has 0 aliphatic carbocycles. The van der Waals surface area contributed by atoms with Crippen molar-refractivity contribution in [3.8, 4) is 0 Å². The van der Waals surface area contributed by atoms with Crippen LogP contribution >= 0.6 is 0 Å². The maximum absolute atomic E-state index is 12.8. The Morgan fingerprint density at radius 1 is 1.24 bits per heavy atom. The van der Waals surface area contributed by atoms with E-state index in [1.807, 2.05) is 27.7 Å². The highest BCUT2D eigenvalue weighted by Gasteiger charge is 2.15. The fraction of sp³-hybridized carbons (Fsp3) is 0.562. The van der Waals surface area contributed by atoms with Gasteiger partial charge in [-0.3, -0.25) is 0 Å². The third-order valence-electron chi connectivity index (χ3n) is 2.84. The molecule has 0 spiro atoms. The molecule has 21 heavy (non-hydrogen) atoms. The minimum absolute atomic E-state index is 0.145. The van der Waals surface area contributed by atoms with Crippen LogP contribution in [0.15, 0.2) is 24.3 Å². The molecule has 0 saturated heterocycles. The van der Waals surface area contributed by atoms with Crippen LogP contribution in [0.1, 0.15) is 45.7 Å². The first-order chi connectivity index (χ1) is 9.78. The van der Waals surface area contributed by atoms with Gasteiger partial charge in [0.25, 0.3) is 0 Å². The zero-order chi connectivity index (χ0) is 15.9. The third kappa shape index (κ3) is 7.66. The number of halogens is 1. The predicted octanol–water partition coefficient (Wildman–Crippen LogP) is 3.39. The van der Waals surface area contributed by atoms with Gasteiger partial charge in [0, 0.05) is 12.6 Å². The second kappa shape index (κ2) is 7.98. The van der Waals surface area contributed by atoms with E-state index in [1.54, 1.807) is 12.1 Å². The van der Waals surface area contributed by atoms with Crippen molar-refractivity contribution in [3.63, 3.8) is 0 Å². The number of nitrogens with one attached hydrogen (secondary N) is 2. The molecule has 1 atom stereocenters. The highest BCUT2D eigenvalue weighted by molar-refractivity contribution is 5.67. The van der Waals surface area contributed by atoms with Crippen LogP contribution < -0.4 is 10.6 Å². The smallest absolute Gasteiger partial charge is 0.407 e. The van der Waals surface area contributed by atoms with Crippen LogP contribution in [0.25, 0.3) is 0 Å². The lowest BCUT2D eigenvalue weighted by molar-refractivity contribution is 0.0527. The van der Waals surface area contributed by atoms with Crippen molar-refractivity contribution in [1.82, 2.24) is 10.6 Å². The van der Waals surface area contributed by atoms with Crippen LogP contribution in [0.2, 0.25) is 0 Å². The SMILES string of the molecule is C[C@@H](NCCCNC(=O)OC(C)(C)C)c1ccc(F)cc1. The van der Waals surface area contributed by atoms with E-state index >= 15 is 0 Å². The van der Waals surface area contributed by atoms with Crippen molar-refractivity contribution in [2.24, 2.45) is 0 Å². The lowest BCUT2D eigenvalue weighted by atomic mass is 10.1. The maximum atomic E-state index is 12.8. The lowest BCUT2D eigenvalue weighted by Gasteiger charge is -2.20. The molecule has 118 valence electrons. The standard InChI is InChI=1S/C16H25FN2O2/c1-12(13-6-8-14(17)9-7-13)18-10-5-11-19-15(20)21-16(2,3)4/h6-9,12,18H,5,10-11H2,1-4H3,(H,19,20)/t12-/m1/s1. The number of hydrogen-bond acceptors (Lipinski definition) is 3. The average molecular weight is 296 g/mol. The fourth-order valence-electron chi connectivity index (χ4n) is 1.78. The highest BCUT2D eigenvalue weighted by Crippen LogP contribution is 2.12. The van der Waals surface area contributed by atoms with Crippen molar-refractivity contribution < 1.29 is 13.9 Å². The summed E-state index contributed by atoms with van der Waals surface area (Å²) in [4.78, 5) is 11.4. The Morgan fingerprint density at radius 2 is 1.86 bits per heavy atom. The van der Waals surface area contributed by atoms with Gasteiger partial charge in [-0.2, -0.15) is 0 Å². The van der Waals surface area contributed by atoms with Crippen LogP contribution in [0.4, 0.5) is 9.18 Å². The summed E-state index contributed by atoms with van der Waals surface area (Å²) in [6, 6.07) is 6.60. The first kappa shape index (κ1) is 17.4. The molecule has 0 saturated carbocycles. The van der Waals surface area contributed by atoms with E-state index in [-0.39, 0.29) is 11.9 Å². The average Bonchev–Trinajstić information content (AvgIpc) is 2.36. The zero-order valence-electron chi connectivity index (χ0n) is 13.2. The predicted molar refractivity (Wildman–Crippen MR) is 81.7 cm³/mol. The van der Waals surface area contributed by atoms with Gasteiger partial charge in [0.15, 0.2) is 0 Å². The van der Waals surface area contributed by atoms with E-state index in [0.717, 1.165) is 18.5 Å². The Balaban J connectivity index is 2.16. The maximum Gasteiger partial charge on any atom is 0.407 e. The van der Waals surface area contributed by atoms with E-state index in [9.17, 15) is 9.18 Å². The first-order valence-electron chi connectivity index (χ1n) is 7.23. The van der Waals surface area contributed by atoms with Gasteiger partial charge < -0.3 is 15.4 Å². The Labute approximate surface area is 126 Å². The number of amides is 1. The number of carbonyl (C=O) groups excluding carboxylic acids is 1. The molecule has 0 heterocycles. The fourth-order valence-corrected chi connectivity index (χ4v) is 1.78. The Kier molecular flexibility index (Phi) is 6.62. The van der Waals surface area contributed by atoms with Gasteiger partial charge in [-0.05, 0) is 58.4 Å². The largest absolute Gasteiger partial charge is 0.444 e. The van der Waals surface area contributed by atoms with E-state index in [4.69, 9.17) is 4.74 Å². The first-order valence-corrected chi connectivity index (χ1v) is 7.23. The second-order valence-electron chi connectivity index (χ2n) is 6.01. The highest BCUT2D eigenvalue weighted by atomic mass is 19.1. The quantitative estimate of drug-likeness (QED) is 0.791. The zero-order valence-corrected chi connectivity index (χ0v) is 13.2. The summed E-state index contributed by atoms with van der Waals surface area (Å²) in [5.41, 5.74) is 0.566. The van der Waals surface area contributed by atoms with Gasteiger partial charge >= 0.3 is 6.09 Å². The van der Waals surface area contributed by atoms with Crippen LogP contribution in [0, 0.1) is 5.82 Å². The Hall–Kier alpha value is -1.62. The second-order valence-corrected chi connectivity index (χ2v) is 6.01.